The first kappa shape index (κ1) is 14.0. The van der Waals surface area contributed by atoms with Crippen LogP contribution in [-0.4, -0.2) is 52.6 Å². The molecule has 2 aromatic rings. The maximum absolute atomic E-state index is 5.70. The number of benzene rings is 1. The number of hydrogen-bond donors (Lipinski definition) is 1. The van der Waals surface area contributed by atoms with Gasteiger partial charge in [-0.3, -0.25) is 0 Å². The van der Waals surface area contributed by atoms with E-state index in [9.17, 15) is 0 Å². The van der Waals surface area contributed by atoms with Gasteiger partial charge in [-0.25, -0.2) is 0 Å². The number of anilines is 1. The Labute approximate surface area is 123 Å². The summed E-state index contributed by atoms with van der Waals surface area (Å²) in [5.74, 6) is 0.790. The fourth-order valence-corrected chi connectivity index (χ4v) is 2.57. The van der Waals surface area contributed by atoms with Crippen LogP contribution in [0.5, 0.6) is 0 Å². The average molecular weight is 288 g/mol. The second-order valence-corrected chi connectivity index (χ2v) is 5.07. The summed E-state index contributed by atoms with van der Waals surface area (Å²) in [5, 5.41) is 12.1. The van der Waals surface area contributed by atoms with Crippen LogP contribution < -0.4 is 10.6 Å². The fourth-order valence-electron chi connectivity index (χ4n) is 2.57. The van der Waals surface area contributed by atoms with Crippen molar-refractivity contribution in [2.75, 3.05) is 31.1 Å². The van der Waals surface area contributed by atoms with E-state index in [1.54, 1.807) is 4.68 Å². The number of nitrogens with zero attached hydrogens (tertiary/aromatic N) is 5. The molecular formula is C14H20N6O. The first-order chi connectivity index (χ1) is 10.4. The third-order valence-corrected chi connectivity index (χ3v) is 3.65. The van der Waals surface area contributed by atoms with Crippen molar-refractivity contribution in [2.24, 2.45) is 5.73 Å². The third kappa shape index (κ3) is 3.20. The number of hydrogen-bond acceptors (Lipinski definition) is 6. The predicted molar refractivity (Wildman–Crippen MR) is 79.4 cm³/mol. The quantitative estimate of drug-likeness (QED) is 0.868. The molecule has 1 aliphatic rings. The monoisotopic (exact) mass is 288 g/mol. The fraction of sp³-hybridized carbons (Fsp3) is 0.500. The smallest absolute Gasteiger partial charge is 0.250 e. The molecule has 0 saturated carbocycles. The molecule has 0 amide bonds. The molecule has 1 aliphatic heterocycles. The summed E-state index contributed by atoms with van der Waals surface area (Å²) < 4.78 is 7.48. The molecule has 112 valence electrons. The minimum atomic E-state index is 0.297. The summed E-state index contributed by atoms with van der Waals surface area (Å²) in [6.45, 7) is 2.99. The van der Waals surface area contributed by atoms with E-state index in [1.807, 2.05) is 30.3 Å². The molecule has 0 atom stereocenters. The molecule has 7 nitrogen and oxygen atoms in total. The Morgan fingerprint density at radius 3 is 2.67 bits per heavy atom. The van der Waals surface area contributed by atoms with Crippen molar-refractivity contribution in [3.63, 3.8) is 0 Å². The lowest BCUT2D eigenvalue weighted by Gasteiger charge is -2.31. The van der Waals surface area contributed by atoms with Gasteiger partial charge in [0, 0.05) is 19.6 Å². The van der Waals surface area contributed by atoms with Crippen molar-refractivity contribution in [1.29, 1.82) is 0 Å². The highest BCUT2D eigenvalue weighted by Gasteiger charge is 2.23. The molecule has 1 saturated heterocycles. The molecule has 2 N–H and O–H groups in total. The van der Waals surface area contributed by atoms with E-state index in [1.165, 1.54) is 0 Å². The van der Waals surface area contributed by atoms with Crippen molar-refractivity contribution in [1.82, 2.24) is 20.2 Å². The van der Waals surface area contributed by atoms with Crippen LogP contribution >= 0.6 is 0 Å². The zero-order valence-electron chi connectivity index (χ0n) is 11.9. The van der Waals surface area contributed by atoms with Crippen LogP contribution in [0, 0.1) is 0 Å². The predicted octanol–water partition coefficient (Wildman–Crippen LogP) is 0.606. The summed E-state index contributed by atoms with van der Waals surface area (Å²) in [6.07, 6.45) is 2.24. The van der Waals surface area contributed by atoms with E-state index in [-0.39, 0.29) is 0 Å². The molecule has 1 aromatic carbocycles. The summed E-state index contributed by atoms with van der Waals surface area (Å²) in [4.78, 5) is 2.20. The van der Waals surface area contributed by atoms with Crippen LogP contribution in [0.3, 0.4) is 0 Å². The zero-order valence-corrected chi connectivity index (χ0v) is 11.9. The molecule has 0 radical (unpaired) electrons. The van der Waals surface area contributed by atoms with Gasteiger partial charge in [0.1, 0.15) is 0 Å². The van der Waals surface area contributed by atoms with Crippen molar-refractivity contribution in [2.45, 2.75) is 18.9 Å². The largest absolute Gasteiger partial charge is 0.377 e. The molecule has 7 heteroatoms. The molecule has 0 bridgehead atoms. The Morgan fingerprint density at radius 1 is 1.19 bits per heavy atom. The Hall–Kier alpha value is -1.99. The molecule has 2 heterocycles. The first-order valence-corrected chi connectivity index (χ1v) is 7.29. The van der Waals surface area contributed by atoms with E-state index >= 15 is 0 Å². The molecule has 0 unspecified atom stereocenters. The molecule has 21 heavy (non-hydrogen) atoms. The van der Waals surface area contributed by atoms with E-state index in [0.29, 0.717) is 19.3 Å². The average Bonchev–Trinajstić information content (AvgIpc) is 3.04. The summed E-state index contributed by atoms with van der Waals surface area (Å²) in [5.41, 5.74) is 6.44. The molecule has 3 rings (SSSR count). The maximum Gasteiger partial charge on any atom is 0.250 e. The van der Waals surface area contributed by atoms with Gasteiger partial charge in [0.25, 0.3) is 0 Å². The molecule has 1 aromatic heterocycles. The molecule has 0 aliphatic carbocycles. The molecule has 1 fully saturated rings. The third-order valence-electron chi connectivity index (χ3n) is 3.65. The maximum atomic E-state index is 5.70. The Morgan fingerprint density at radius 2 is 1.95 bits per heavy atom. The van der Waals surface area contributed by atoms with Crippen LogP contribution in [0.2, 0.25) is 0 Å². The van der Waals surface area contributed by atoms with Crippen molar-refractivity contribution in [3.05, 3.63) is 30.3 Å². The number of ether oxygens (including phenoxy) is 1. The van der Waals surface area contributed by atoms with Crippen LogP contribution in [0.4, 0.5) is 5.95 Å². The van der Waals surface area contributed by atoms with Crippen molar-refractivity contribution >= 4 is 5.95 Å². The van der Waals surface area contributed by atoms with E-state index in [0.717, 1.165) is 37.6 Å². The molecular weight excluding hydrogens is 268 g/mol. The van der Waals surface area contributed by atoms with Gasteiger partial charge in [0.05, 0.1) is 18.4 Å². The number of aromatic nitrogens is 4. The van der Waals surface area contributed by atoms with Gasteiger partial charge in [0.2, 0.25) is 5.95 Å². The van der Waals surface area contributed by atoms with Gasteiger partial charge in [-0.15, -0.1) is 0 Å². The first-order valence-electron chi connectivity index (χ1n) is 7.29. The normalized spacial score (nSPS) is 16.3. The van der Waals surface area contributed by atoms with Gasteiger partial charge >= 0.3 is 0 Å². The summed E-state index contributed by atoms with van der Waals surface area (Å²) in [7, 11) is 0. The minimum absolute atomic E-state index is 0.297. The van der Waals surface area contributed by atoms with Gasteiger partial charge in [-0.1, -0.05) is 23.3 Å². The minimum Gasteiger partial charge on any atom is -0.377 e. The van der Waals surface area contributed by atoms with Gasteiger partial charge < -0.3 is 15.4 Å². The molecule has 0 spiro atoms. The Balaban J connectivity index is 1.68. The second kappa shape index (κ2) is 6.64. The highest BCUT2D eigenvalue weighted by atomic mass is 16.5. The van der Waals surface area contributed by atoms with Gasteiger partial charge in [0.15, 0.2) is 0 Å². The number of nitrogens with two attached hydrogens (primary N) is 1. The Kier molecular flexibility index (Phi) is 4.42. The van der Waals surface area contributed by atoms with Crippen molar-refractivity contribution in [3.8, 4) is 5.69 Å². The highest BCUT2D eigenvalue weighted by molar-refractivity contribution is 5.40. The van der Waals surface area contributed by atoms with Gasteiger partial charge in [-0.2, -0.15) is 4.68 Å². The number of piperidine rings is 1. The summed E-state index contributed by atoms with van der Waals surface area (Å²) in [6, 6.07) is 9.93. The number of para-hydroxylation sites is 1. The Bertz CT molecular complexity index is 550. The van der Waals surface area contributed by atoms with E-state index in [4.69, 9.17) is 10.5 Å². The lowest BCUT2D eigenvalue weighted by atomic mass is 10.1. The standard InChI is InChI=1S/C14H20N6O/c15-8-11-21-13-6-9-19(10-7-13)14-16-17-18-20(14)12-4-2-1-3-5-12/h1-5,13H,6-11,15H2. The lowest BCUT2D eigenvalue weighted by molar-refractivity contribution is 0.0419. The van der Waals surface area contributed by atoms with Crippen LogP contribution in [0.25, 0.3) is 5.69 Å². The zero-order chi connectivity index (χ0) is 14.5. The highest BCUT2D eigenvalue weighted by Crippen LogP contribution is 2.21. The van der Waals surface area contributed by atoms with Gasteiger partial charge in [-0.05, 0) is 35.4 Å². The van der Waals surface area contributed by atoms with Crippen LogP contribution in [0.15, 0.2) is 30.3 Å². The van der Waals surface area contributed by atoms with Crippen molar-refractivity contribution < 1.29 is 4.74 Å². The summed E-state index contributed by atoms with van der Waals surface area (Å²) >= 11 is 0. The topological polar surface area (TPSA) is 82.1 Å². The number of rotatable bonds is 5. The van der Waals surface area contributed by atoms with E-state index < -0.39 is 0 Å². The SMILES string of the molecule is NCCOC1CCN(c2nnnn2-c2ccccc2)CC1. The number of tetrazole rings is 1. The van der Waals surface area contributed by atoms with E-state index in [2.05, 4.69) is 20.4 Å². The van der Waals surface area contributed by atoms with Crippen LogP contribution in [0.1, 0.15) is 12.8 Å². The second-order valence-electron chi connectivity index (χ2n) is 5.07. The lowest BCUT2D eigenvalue weighted by Crippen LogP contribution is -2.39. The van der Waals surface area contributed by atoms with Crippen LogP contribution in [-0.2, 0) is 4.74 Å².